The van der Waals surface area contributed by atoms with Gasteiger partial charge in [-0.15, -0.1) is 0 Å². The van der Waals surface area contributed by atoms with Crippen molar-refractivity contribution in [3.63, 3.8) is 0 Å². The van der Waals surface area contributed by atoms with E-state index in [9.17, 15) is 4.79 Å². The van der Waals surface area contributed by atoms with Gasteiger partial charge in [-0.05, 0) is 30.5 Å². The van der Waals surface area contributed by atoms with Crippen LogP contribution in [0.15, 0.2) is 42.5 Å². The van der Waals surface area contributed by atoms with Crippen LogP contribution in [0.2, 0.25) is 0 Å². The Morgan fingerprint density at radius 3 is 2.39 bits per heavy atom. The van der Waals surface area contributed by atoms with Crippen molar-refractivity contribution in [2.24, 2.45) is 0 Å². The van der Waals surface area contributed by atoms with Gasteiger partial charge in [-0.1, -0.05) is 43.3 Å². The van der Waals surface area contributed by atoms with Gasteiger partial charge in [0.2, 0.25) is 0 Å². The SMILES string of the molecule is CCc1c(N)ccc(C)c1C(=O)c1ccccc1. The molecule has 0 amide bonds. The molecule has 0 atom stereocenters. The third kappa shape index (κ3) is 2.14. The number of nitrogens with two attached hydrogens (primary N) is 1. The lowest BCUT2D eigenvalue weighted by Crippen LogP contribution is -2.09. The maximum Gasteiger partial charge on any atom is 0.193 e. The summed E-state index contributed by atoms with van der Waals surface area (Å²) in [6.07, 6.45) is 0.765. The van der Waals surface area contributed by atoms with E-state index in [4.69, 9.17) is 5.73 Å². The fourth-order valence-electron chi connectivity index (χ4n) is 2.21. The molecule has 0 aliphatic rings. The molecule has 0 saturated carbocycles. The molecule has 0 aliphatic heterocycles. The minimum atomic E-state index is 0.0530. The van der Waals surface area contributed by atoms with Crippen LogP contribution in [0.25, 0.3) is 0 Å². The molecule has 2 heteroatoms. The Bertz CT molecular complexity index is 573. The largest absolute Gasteiger partial charge is 0.398 e. The van der Waals surface area contributed by atoms with E-state index in [1.165, 1.54) is 0 Å². The van der Waals surface area contributed by atoms with Crippen LogP contribution in [0.3, 0.4) is 0 Å². The minimum Gasteiger partial charge on any atom is -0.398 e. The minimum absolute atomic E-state index is 0.0530. The molecule has 18 heavy (non-hydrogen) atoms. The van der Waals surface area contributed by atoms with Gasteiger partial charge in [0.25, 0.3) is 0 Å². The highest BCUT2D eigenvalue weighted by molar-refractivity contribution is 6.11. The molecule has 0 heterocycles. The van der Waals surface area contributed by atoms with Crippen molar-refractivity contribution in [1.29, 1.82) is 0 Å². The Balaban J connectivity index is 2.58. The van der Waals surface area contributed by atoms with Crippen molar-refractivity contribution in [2.45, 2.75) is 20.3 Å². The van der Waals surface area contributed by atoms with E-state index in [0.29, 0.717) is 11.3 Å². The average molecular weight is 239 g/mol. The van der Waals surface area contributed by atoms with E-state index >= 15 is 0 Å². The third-order valence-electron chi connectivity index (χ3n) is 3.17. The predicted octanol–water partition coefficient (Wildman–Crippen LogP) is 3.37. The molecule has 2 aromatic rings. The third-order valence-corrected chi connectivity index (χ3v) is 3.17. The first kappa shape index (κ1) is 12.4. The van der Waals surface area contributed by atoms with E-state index in [1.54, 1.807) is 0 Å². The number of nitrogen functional groups attached to an aromatic ring is 1. The fourth-order valence-corrected chi connectivity index (χ4v) is 2.21. The molecule has 0 spiro atoms. The van der Waals surface area contributed by atoms with Gasteiger partial charge in [-0.25, -0.2) is 0 Å². The van der Waals surface area contributed by atoms with E-state index in [2.05, 4.69) is 0 Å². The summed E-state index contributed by atoms with van der Waals surface area (Å²) in [4.78, 5) is 12.5. The predicted molar refractivity (Wildman–Crippen MR) is 74.8 cm³/mol. The number of carbonyl (C=O) groups excluding carboxylic acids is 1. The van der Waals surface area contributed by atoms with Crippen molar-refractivity contribution < 1.29 is 4.79 Å². The lowest BCUT2D eigenvalue weighted by atomic mass is 9.92. The molecule has 0 fully saturated rings. The van der Waals surface area contributed by atoms with Crippen LogP contribution in [0.4, 0.5) is 5.69 Å². The van der Waals surface area contributed by atoms with Crippen molar-refractivity contribution in [3.8, 4) is 0 Å². The maximum absolute atomic E-state index is 12.5. The van der Waals surface area contributed by atoms with Crippen LogP contribution in [0.5, 0.6) is 0 Å². The Labute approximate surface area is 107 Å². The first-order valence-corrected chi connectivity index (χ1v) is 6.12. The molecule has 2 rings (SSSR count). The van der Waals surface area contributed by atoms with Gasteiger partial charge in [0, 0.05) is 16.8 Å². The molecule has 0 aromatic heterocycles. The normalized spacial score (nSPS) is 10.3. The molecular weight excluding hydrogens is 222 g/mol. The zero-order chi connectivity index (χ0) is 13.1. The topological polar surface area (TPSA) is 43.1 Å². The van der Waals surface area contributed by atoms with Crippen LogP contribution >= 0.6 is 0 Å². The van der Waals surface area contributed by atoms with E-state index < -0.39 is 0 Å². The number of hydrogen-bond acceptors (Lipinski definition) is 2. The summed E-state index contributed by atoms with van der Waals surface area (Å²) in [5, 5.41) is 0. The van der Waals surface area contributed by atoms with Gasteiger partial charge in [0.05, 0.1) is 0 Å². The number of benzene rings is 2. The molecule has 2 N–H and O–H groups in total. The van der Waals surface area contributed by atoms with Gasteiger partial charge in [-0.3, -0.25) is 4.79 Å². The second-order valence-electron chi connectivity index (χ2n) is 4.37. The van der Waals surface area contributed by atoms with Gasteiger partial charge >= 0.3 is 0 Å². The number of aryl methyl sites for hydroxylation is 1. The standard InChI is InChI=1S/C16H17NO/c1-3-13-14(17)10-9-11(2)15(13)16(18)12-7-5-4-6-8-12/h4-10H,3,17H2,1-2H3. The van der Waals surface area contributed by atoms with Crippen molar-refractivity contribution in [2.75, 3.05) is 5.73 Å². The molecule has 2 nitrogen and oxygen atoms in total. The van der Waals surface area contributed by atoms with Crippen LogP contribution in [-0.4, -0.2) is 5.78 Å². The molecule has 92 valence electrons. The summed E-state index contributed by atoms with van der Waals surface area (Å²) >= 11 is 0. The Hall–Kier alpha value is -2.09. The van der Waals surface area contributed by atoms with Crippen LogP contribution in [-0.2, 0) is 6.42 Å². The summed E-state index contributed by atoms with van der Waals surface area (Å²) in [5.74, 6) is 0.0530. The first-order valence-electron chi connectivity index (χ1n) is 6.12. The van der Waals surface area contributed by atoms with Crippen molar-refractivity contribution in [1.82, 2.24) is 0 Å². The smallest absolute Gasteiger partial charge is 0.193 e. The quantitative estimate of drug-likeness (QED) is 0.659. The molecule has 0 saturated heterocycles. The second-order valence-corrected chi connectivity index (χ2v) is 4.37. The monoisotopic (exact) mass is 239 g/mol. The van der Waals surface area contributed by atoms with E-state index in [0.717, 1.165) is 23.1 Å². The molecular formula is C16H17NO. The fraction of sp³-hybridized carbons (Fsp3) is 0.188. The van der Waals surface area contributed by atoms with Crippen molar-refractivity contribution in [3.05, 3.63) is 64.7 Å². The number of carbonyl (C=O) groups is 1. The zero-order valence-corrected chi connectivity index (χ0v) is 10.7. The molecule has 2 aromatic carbocycles. The molecule has 0 bridgehead atoms. The Morgan fingerprint density at radius 1 is 1.11 bits per heavy atom. The van der Waals surface area contributed by atoms with E-state index in [1.807, 2.05) is 56.3 Å². The summed E-state index contributed by atoms with van der Waals surface area (Å²) in [6, 6.07) is 13.1. The van der Waals surface area contributed by atoms with Crippen LogP contribution < -0.4 is 5.73 Å². The van der Waals surface area contributed by atoms with E-state index in [-0.39, 0.29) is 5.78 Å². The lowest BCUT2D eigenvalue weighted by Gasteiger charge is -2.13. The second kappa shape index (κ2) is 5.05. The number of rotatable bonds is 3. The zero-order valence-electron chi connectivity index (χ0n) is 10.7. The summed E-state index contributed by atoms with van der Waals surface area (Å²) in [5.41, 5.74) is 10.1. The average Bonchev–Trinajstić information content (AvgIpc) is 2.41. The number of hydrogen-bond donors (Lipinski definition) is 1. The number of ketones is 1. The summed E-state index contributed by atoms with van der Waals surface area (Å²) in [6.45, 7) is 3.97. The van der Waals surface area contributed by atoms with Gasteiger partial charge in [0.1, 0.15) is 0 Å². The maximum atomic E-state index is 12.5. The van der Waals surface area contributed by atoms with Gasteiger partial charge in [0.15, 0.2) is 5.78 Å². The molecule has 0 aliphatic carbocycles. The van der Waals surface area contributed by atoms with Crippen LogP contribution in [0, 0.1) is 6.92 Å². The Kier molecular flexibility index (Phi) is 3.47. The highest BCUT2D eigenvalue weighted by Crippen LogP contribution is 2.24. The number of anilines is 1. The lowest BCUT2D eigenvalue weighted by molar-refractivity contribution is 0.103. The molecule has 0 unspecified atom stereocenters. The van der Waals surface area contributed by atoms with Gasteiger partial charge < -0.3 is 5.73 Å². The summed E-state index contributed by atoms with van der Waals surface area (Å²) < 4.78 is 0. The van der Waals surface area contributed by atoms with Gasteiger partial charge in [-0.2, -0.15) is 0 Å². The first-order chi connectivity index (χ1) is 8.65. The highest BCUT2D eigenvalue weighted by atomic mass is 16.1. The Morgan fingerprint density at radius 2 is 1.78 bits per heavy atom. The van der Waals surface area contributed by atoms with Crippen LogP contribution in [0.1, 0.15) is 34.0 Å². The molecule has 0 radical (unpaired) electrons. The highest BCUT2D eigenvalue weighted by Gasteiger charge is 2.16. The van der Waals surface area contributed by atoms with Crippen molar-refractivity contribution >= 4 is 11.5 Å². The summed E-state index contributed by atoms with van der Waals surface area (Å²) in [7, 11) is 0.